The van der Waals surface area contributed by atoms with Crippen molar-refractivity contribution in [1.82, 2.24) is 4.90 Å². The number of hydrogen-bond acceptors (Lipinski definition) is 2. The van der Waals surface area contributed by atoms with Crippen molar-refractivity contribution in [2.75, 3.05) is 6.54 Å². The van der Waals surface area contributed by atoms with Gasteiger partial charge in [0.2, 0.25) is 0 Å². The van der Waals surface area contributed by atoms with Crippen LogP contribution in [0.3, 0.4) is 0 Å². The molecule has 0 spiro atoms. The summed E-state index contributed by atoms with van der Waals surface area (Å²) >= 11 is 12.4. The van der Waals surface area contributed by atoms with Crippen molar-refractivity contribution in [2.24, 2.45) is 0 Å². The highest BCUT2D eigenvalue weighted by atomic mass is 35.5. The van der Waals surface area contributed by atoms with E-state index >= 15 is 0 Å². The van der Waals surface area contributed by atoms with Gasteiger partial charge in [-0.25, -0.2) is 0 Å². The Kier molecular flexibility index (Phi) is 4.88. The fourth-order valence-corrected chi connectivity index (χ4v) is 3.08. The molecule has 2 nitrogen and oxygen atoms in total. The Labute approximate surface area is 118 Å². The Balaban J connectivity index is 2.15. The van der Waals surface area contributed by atoms with Gasteiger partial charge in [0.25, 0.3) is 0 Å². The molecule has 96 valence electrons. The van der Waals surface area contributed by atoms with E-state index in [9.17, 15) is 0 Å². The third-order valence-electron chi connectivity index (χ3n) is 3.54. The van der Waals surface area contributed by atoms with E-state index in [1.54, 1.807) is 0 Å². The molecular weight excluding hydrogens is 267 g/mol. The summed E-state index contributed by atoms with van der Waals surface area (Å²) in [5.41, 5.74) is 0.933. The molecule has 0 unspecified atom stereocenters. The summed E-state index contributed by atoms with van der Waals surface area (Å²) in [4.78, 5) is 2.19. The largest absolute Gasteiger partial charge is 0.283 e. The molecule has 18 heavy (non-hydrogen) atoms. The highest BCUT2D eigenvalue weighted by Gasteiger charge is 2.23. The van der Waals surface area contributed by atoms with Crippen LogP contribution in [0.4, 0.5) is 0 Å². The van der Waals surface area contributed by atoms with Gasteiger partial charge in [-0.2, -0.15) is 5.26 Å². The number of rotatable bonds is 4. The molecule has 0 radical (unpaired) electrons. The molecule has 0 amide bonds. The van der Waals surface area contributed by atoms with Crippen molar-refractivity contribution < 1.29 is 0 Å². The molecule has 1 fully saturated rings. The van der Waals surface area contributed by atoms with Crippen LogP contribution in [-0.2, 0) is 6.54 Å². The Hall–Kier alpha value is -0.750. The van der Waals surface area contributed by atoms with Crippen LogP contribution in [0, 0.1) is 11.3 Å². The zero-order valence-corrected chi connectivity index (χ0v) is 11.7. The first-order valence-electron chi connectivity index (χ1n) is 6.26. The summed E-state index contributed by atoms with van der Waals surface area (Å²) in [6, 6.07) is 8.28. The second-order valence-electron chi connectivity index (χ2n) is 4.70. The van der Waals surface area contributed by atoms with Gasteiger partial charge in [0.05, 0.1) is 12.6 Å². The van der Waals surface area contributed by atoms with Gasteiger partial charge < -0.3 is 0 Å². The van der Waals surface area contributed by atoms with E-state index in [-0.39, 0.29) is 0 Å². The maximum Gasteiger partial charge on any atom is 0.0871 e. The van der Waals surface area contributed by atoms with E-state index < -0.39 is 0 Å². The lowest BCUT2D eigenvalue weighted by atomic mass is 10.1. The van der Waals surface area contributed by atoms with Crippen LogP contribution in [0.25, 0.3) is 0 Å². The van der Waals surface area contributed by atoms with E-state index in [0.717, 1.165) is 5.56 Å². The third kappa shape index (κ3) is 3.17. The molecule has 0 N–H and O–H groups in total. The summed E-state index contributed by atoms with van der Waals surface area (Å²) in [6.07, 6.45) is 4.85. The molecule has 1 aliphatic rings. The zero-order chi connectivity index (χ0) is 13.0. The predicted molar refractivity (Wildman–Crippen MR) is 74.7 cm³/mol. The van der Waals surface area contributed by atoms with E-state index in [0.29, 0.717) is 29.2 Å². The molecule has 1 saturated carbocycles. The average molecular weight is 283 g/mol. The van der Waals surface area contributed by atoms with Gasteiger partial charge in [0.15, 0.2) is 0 Å². The summed E-state index contributed by atoms with van der Waals surface area (Å²) < 4.78 is 0. The molecule has 4 heteroatoms. The normalized spacial score (nSPS) is 16.1. The van der Waals surface area contributed by atoms with E-state index in [1.165, 1.54) is 25.7 Å². The second kappa shape index (κ2) is 6.43. The topological polar surface area (TPSA) is 27.0 Å². The Morgan fingerprint density at radius 1 is 1.22 bits per heavy atom. The van der Waals surface area contributed by atoms with Crippen LogP contribution >= 0.6 is 23.2 Å². The summed E-state index contributed by atoms with van der Waals surface area (Å²) in [5.74, 6) is 0. The number of halogens is 2. The van der Waals surface area contributed by atoms with Crippen molar-refractivity contribution in [1.29, 1.82) is 5.26 Å². The molecule has 1 aromatic rings. The summed E-state index contributed by atoms with van der Waals surface area (Å²) in [6.45, 7) is 1.10. The summed E-state index contributed by atoms with van der Waals surface area (Å²) in [7, 11) is 0. The molecule has 1 aromatic carbocycles. The maximum absolute atomic E-state index is 8.96. The minimum atomic E-state index is 0.437. The SMILES string of the molecule is N#CCN(Cc1c(Cl)cccc1Cl)C1CCCC1. The van der Waals surface area contributed by atoms with Crippen molar-refractivity contribution >= 4 is 23.2 Å². The second-order valence-corrected chi connectivity index (χ2v) is 5.52. The lowest BCUT2D eigenvalue weighted by molar-refractivity contribution is 0.214. The van der Waals surface area contributed by atoms with Crippen LogP contribution in [0.15, 0.2) is 18.2 Å². The molecular formula is C14H16Cl2N2. The van der Waals surface area contributed by atoms with Crippen molar-refractivity contribution in [3.05, 3.63) is 33.8 Å². The monoisotopic (exact) mass is 282 g/mol. The number of nitriles is 1. The molecule has 0 aromatic heterocycles. The number of hydrogen-bond donors (Lipinski definition) is 0. The van der Waals surface area contributed by atoms with Crippen LogP contribution in [0.5, 0.6) is 0 Å². The fourth-order valence-electron chi connectivity index (χ4n) is 2.56. The van der Waals surface area contributed by atoms with Crippen LogP contribution in [-0.4, -0.2) is 17.5 Å². The first-order valence-corrected chi connectivity index (χ1v) is 7.02. The standard InChI is InChI=1S/C14H16Cl2N2/c15-13-6-3-7-14(16)12(13)10-18(9-8-17)11-4-1-2-5-11/h3,6-7,11H,1-2,4-5,9-10H2. The highest BCUT2D eigenvalue weighted by molar-refractivity contribution is 6.35. The Morgan fingerprint density at radius 3 is 2.39 bits per heavy atom. The van der Waals surface area contributed by atoms with Gasteiger partial charge in [-0.1, -0.05) is 42.1 Å². The highest BCUT2D eigenvalue weighted by Crippen LogP contribution is 2.29. The van der Waals surface area contributed by atoms with Gasteiger partial charge in [0, 0.05) is 28.2 Å². The molecule has 0 aliphatic heterocycles. The predicted octanol–water partition coefficient (Wildman–Crippen LogP) is 4.26. The Morgan fingerprint density at radius 2 is 1.83 bits per heavy atom. The molecule has 0 heterocycles. The average Bonchev–Trinajstić information content (AvgIpc) is 2.86. The lowest BCUT2D eigenvalue weighted by Gasteiger charge is -2.26. The lowest BCUT2D eigenvalue weighted by Crippen LogP contribution is -2.33. The number of benzene rings is 1. The fraction of sp³-hybridized carbons (Fsp3) is 0.500. The maximum atomic E-state index is 8.96. The van der Waals surface area contributed by atoms with E-state index in [1.807, 2.05) is 18.2 Å². The zero-order valence-electron chi connectivity index (χ0n) is 10.2. The molecule has 0 saturated heterocycles. The third-order valence-corrected chi connectivity index (χ3v) is 4.25. The smallest absolute Gasteiger partial charge is 0.0871 e. The quantitative estimate of drug-likeness (QED) is 0.772. The van der Waals surface area contributed by atoms with Gasteiger partial charge in [-0.05, 0) is 25.0 Å². The van der Waals surface area contributed by atoms with Gasteiger partial charge in [-0.3, -0.25) is 4.90 Å². The minimum absolute atomic E-state index is 0.437. The van der Waals surface area contributed by atoms with E-state index in [4.69, 9.17) is 28.5 Å². The van der Waals surface area contributed by atoms with Crippen LogP contribution in [0.2, 0.25) is 10.0 Å². The first kappa shape index (κ1) is 13.7. The van der Waals surface area contributed by atoms with Gasteiger partial charge in [0.1, 0.15) is 0 Å². The molecule has 1 aliphatic carbocycles. The van der Waals surface area contributed by atoms with Gasteiger partial charge >= 0.3 is 0 Å². The van der Waals surface area contributed by atoms with Gasteiger partial charge in [-0.15, -0.1) is 0 Å². The van der Waals surface area contributed by atoms with Crippen molar-refractivity contribution in [3.63, 3.8) is 0 Å². The van der Waals surface area contributed by atoms with Crippen molar-refractivity contribution in [3.8, 4) is 6.07 Å². The molecule has 2 rings (SSSR count). The summed E-state index contributed by atoms with van der Waals surface area (Å²) in [5, 5.41) is 10.3. The van der Waals surface area contributed by atoms with Crippen molar-refractivity contribution in [2.45, 2.75) is 38.3 Å². The van der Waals surface area contributed by atoms with Crippen LogP contribution in [0.1, 0.15) is 31.2 Å². The van der Waals surface area contributed by atoms with E-state index in [2.05, 4.69) is 11.0 Å². The Bertz CT molecular complexity index is 427. The van der Waals surface area contributed by atoms with Crippen LogP contribution < -0.4 is 0 Å². The molecule has 0 bridgehead atoms. The minimum Gasteiger partial charge on any atom is -0.283 e. The number of nitrogens with zero attached hydrogens (tertiary/aromatic N) is 2. The first-order chi connectivity index (χ1) is 8.72. The molecule has 0 atom stereocenters.